The van der Waals surface area contributed by atoms with Gasteiger partial charge in [0.2, 0.25) is 0 Å². The van der Waals surface area contributed by atoms with Crippen LogP contribution < -0.4 is 0 Å². The lowest BCUT2D eigenvalue weighted by Gasteiger charge is -2.47. The first-order valence-electron chi connectivity index (χ1n) is 18.9. The average Bonchev–Trinajstić information content (AvgIpc) is 3.84. The molecule has 3 aromatic rings. The fraction of sp³-hybridized carbons (Fsp3) is 0.512. The van der Waals surface area contributed by atoms with Crippen LogP contribution in [0.25, 0.3) is 10.4 Å². The summed E-state index contributed by atoms with van der Waals surface area (Å²) in [5.41, 5.74) is 12.6. The van der Waals surface area contributed by atoms with Gasteiger partial charge in [-0.05, 0) is 35.1 Å². The smallest absolute Gasteiger partial charge is 0.337 e. The SMILES string of the molecule is COC(=O)[C@H]1O[C@@H]2OC3(CCCC3)O[C@@H]2[C@@H](OCc2ccccc2)[C@@H]1O[C@H]1O[C@H](COC(C)=O)[C@@H](OCc2ccccc2)[C@H](OCc2ccccc2)[C@H]1N=[N+]=[N-]. The maximum Gasteiger partial charge on any atom is 0.337 e. The maximum absolute atomic E-state index is 13.6. The second-order valence-corrected chi connectivity index (χ2v) is 14.2. The number of methoxy groups -OCH3 is 1. The first-order valence-corrected chi connectivity index (χ1v) is 18.9. The van der Waals surface area contributed by atoms with E-state index in [4.69, 9.17) is 47.4 Å². The van der Waals surface area contributed by atoms with E-state index in [2.05, 4.69) is 10.0 Å². The molecule has 0 aromatic heterocycles. The Hall–Kier alpha value is -4.41. The van der Waals surface area contributed by atoms with Gasteiger partial charge in [-0.2, -0.15) is 0 Å². The zero-order valence-electron chi connectivity index (χ0n) is 31.3. The second-order valence-electron chi connectivity index (χ2n) is 14.2. The van der Waals surface area contributed by atoms with Gasteiger partial charge >= 0.3 is 11.9 Å². The van der Waals surface area contributed by atoms with E-state index in [1.54, 1.807) is 0 Å². The van der Waals surface area contributed by atoms with Gasteiger partial charge in [-0.25, -0.2) is 4.79 Å². The molecule has 3 aromatic carbocycles. The summed E-state index contributed by atoms with van der Waals surface area (Å²) in [5, 5.41) is 4.16. The lowest BCUT2D eigenvalue weighted by molar-refractivity contribution is -0.333. The Bertz CT molecular complexity index is 1780. The predicted molar refractivity (Wildman–Crippen MR) is 196 cm³/mol. The first-order chi connectivity index (χ1) is 27.4. The number of azide groups is 1. The highest BCUT2D eigenvalue weighted by Crippen LogP contribution is 2.47. The molecule has 298 valence electrons. The molecule has 0 amide bonds. The van der Waals surface area contributed by atoms with E-state index < -0.39 is 79.1 Å². The third-order valence-corrected chi connectivity index (χ3v) is 10.4. The van der Waals surface area contributed by atoms with Gasteiger partial charge in [0, 0.05) is 24.7 Å². The summed E-state index contributed by atoms with van der Waals surface area (Å²) < 4.78 is 63.0. The highest BCUT2D eigenvalue weighted by molar-refractivity contribution is 5.75. The molecular formula is C41H47N3O12. The van der Waals surface area contributed by atoms with Crippen LogP contribution in [0.15, 0.2) is 96.1 Å². The van der Waals surface area contributed by atoms with Gasteiger partial charge in [0.05, 0.1) is 26.9 Å². The Kier molecular flexibility index (Phi) is 13.3. The summed E-state index contributed by atoms with van der Waals surface area (Å²) in [6.45, 7) is 1.43. The maximum atomic E-state index is 13.6. The van der Waals surface area contributed by atoms with Crippen LogP contribution in [0, 0.1) is 0 Å². The standard InChI is InChI=1S/C41H47N3O12/c1-26(45)48-25-30-32(49-22-27-14-6-3-7-15-27)33(50-23-28-16-8-4-9-17-28)31(43-44-42)39(52-30)53-35-34(51-24-29-18-10-5-11-19-29)37-40(54-36(35)38(46)47-2)56-41(55-37)20-12-13-21-41/h3-11,14-19,30-37,39-40H,12-13,20-25H2,1-2H3/t30-,31-,32-,33-,34+,35+,36+,37-,39-,40-/m1/s1. The summed E-state index contributed by atoms with van der Waals surface area (Å²) >= 11 is 0. The fourth-order valence-electron chi connectivity index (χ4n) is 7.68. The molecule has 3 aliphatic heterocycles. The zero-order valence-corrected chi connectivity index (χ0v) is 31.3. The van der Waals surface area contributed by atoms with E-state index in [1.165, 1.54) is 14.0 Å². The van der Waals surface area contributed by atoms with Crippen molar-refractivity contribution in [3.8, 4) is 0 Å². The van der Waals surface area contributed by atoms with Crippen molar-refractivity contribution in [1.29, 1.82) is 0 Å². The largest absolute Gasteiger partial charge is 0.467 e. The molecule has 15 nitrogen and oxygen atoms in total. The van der Waals surface area contributed by atoms with Crippen molar-refractivity contribution in [2.75, 3.05) is 13.7 Å². The van der Waals surface area contributed by atoms with Crippen molar-refractivity contribution in [3.05, 3.63) is 118 Å². The minimum absolute atomic E-state index is 0.109. The Morgan fingerprint density at radius 1 is 0.768 bits per heavy atom. The molecule has 15 heteroatoms. The number of rotatable bonds is 15. The Balaban J connectivity index is 1.24. The number of carbonyl (C=O) groups excluding carboxylic acids is 2. The van der Waals surface area contributed by atoms with Crippen LogP contribution in [-0.4, -0.2) is 92.8 Å². The molecule has 4 aliphatic rings. The molecule has 56 heavy (non-hydrogen) atoms. The second kappa shape index (κ2) is 18.7. The van der Waals surface area contributed by atoms with Crippen molar-refractivity contribution in [2.24, 2.45) is 5.11 Å². The number of nitrogens with zero attached hydrogens (tertiary/aromatic N) is 3. The Labute approximate surface area is 325 Å². The molecule has 0 unspecified atom stereocenters. The van der Waals surface area contributed by atoms with Crippen LogP contribution in [-0.2, 0) is 76.8 Å². The minimum Gasteiger partial charge on any atom is -0.467 e. The molecular weight excluding hydrogens is 726 g/mol. The number of carbonyl (C=O) groups is 2. The van der Waals surface area contributed by atoms with Crippen molar-refractivity contribution >= 4 is 11.9 Å². The number of esters is 2. The number of hydrogen-bond acceptors (Lipinski definition) is 13. The average molecular weight is 774 g/mol. The third-order valence-electron chi connectivity index (χ3n) is 10.4. The molecule has 10 atom stereocenters. The minimum atomic E-state index is -1.40. The first kappa shape index (κ1) is 39.8. The van der Waals surface area contributed by atoms with Gasteiger partial charge in [-0.15, -0.1) is 0 Å². The highest BCUT2D eigenvalue weighted by atomic mass is 16.8. The molecule has 0 N–H and O–H groups in total. The normalized spacial score (nSPS) is 30.6. The summed E-state index contributed by atoms with van der Waals surface area (Å²) in [6, 6.07) is 27.3. The Morgan fingerprint density at radius 2 is 1.32 bits per heavy atom. The Morgan fingerprint density at radius 3 is 1.86 bits per heavy atom. The fourth-order valence-corrected chi connectivity index (χ4v) is 7.68. The van der Waals surface area contributed by atoms with Gasteiger partial charge in [-0.3, -0.25) is 4.79 Å². The predicted octanol–water partition coefficient (Wildman–Crippen LogP) is 5.68. The van der Waals surface area contributed by atoms with E-state index in [-0.39, 0.29) is 26.4 Å². The zero-order chi connectivity index (χ0) is 38.9. The third kappa shape index (κ3) is 9.40. The summed E-state index contributed by atoms with van der Waals surface area (Å²) in [7, 11) is 1.25. The van der Waals surface area contributed by atoms with Gasteiger partial charge < -0.3 is 47.4 Å². The molecule has 7 rings (SSSR count). The van der Waals surface area contributed by atoms with Crippen LogP contribution in [0.2, 0.25) is 0 Å². The van der Waals surface area contributed by atoms with Crippen LogP contribution in [0.1, 0.15) is 49.3 Å². The number of benzene rings is 3. The van der Waals surface area contributed by atoms with Crippen molar-refractivity contribution in [2.45, 2.75) is 120 Å². The summed E-state index contributed by atoms with van der Waals surface area (Å²) in [5.74, 6) is -2.19. The van der Waals surface area contributed by atoms with Gasteiger partial charge in [0.1, 0.15) is 49.3 Å². The van der Waals surface area contributed by atoms with Gasteiger partial charge in [0.15, 0.2) is 24.5 Å². The van der Waals surface area contributed by atoms with E-state index >= 15 is 0 Å². The van der Waals surface area contributed by atoms with Crippen LogP contribution >= 0.6 is 0 Å². The highest BCUT2D eigenvalue weighted by Gasteiger charge is 2.62. The molecule has 3 saturated heterocycles. The molecule has 1 spiro atoms. The molecule has 1 aliphatic carbocycles. The lowest BCUT2D eigenvalue weighted by Crippen LogP contribution is -2.65. The molecule has 4 fully saturated rings. The van der Waals surface area contributed by atoms with E-state index in [0.29, 0.717) is 12.8 Å². The van der Waals surface area contributed by atoms with Gasteiger partial charge in [-0.1, -0.05) is 96.1 Å². The van der Waals surface area contributed by atoms with E-state index in [0.717, 1.165) is 29.5 Å². The monoisotopic (exact) mass is 773 g/mol. The van der Waals surface area contributed by atoms with Crippen molar-refractivity contribution in [1.82, 2.24) is 0 Å². The molecule has 0 radical (unpaired) electrons. The topological polar surface area (TPSA) is 175 Å². The molecule has 1 saturated carbocycles. The van der Waals surface area contributed by atoms with Crippen LogP contribution in [0.5, 0.6) is 0 Å². The summed E-state index contributed by atoms with van der Waals surface area (Å²) in [4.78, 5) is 28.9. The number of fused-ring (bicyclic) bond motifs is 1. The van der Waals surface area contributed by atoms with E-state index in [9.17, 15) is 15.1 Å². The van der Waals surface area contributed by atoms with E-state index in [1.807, 2.05) is 91.0 Å². The summed E-state index contributed by atoms with van der Waals surface area (Å²) in [6.07, 6.45) is -6.54. The lowest BCUT2D eigenvalue weighted by atomic mass is 9.95. The molecule has 0 bridgehead atoms. The number of hydrogen-bond donors (Lipinski definition) is 0. The molecule has 3 heterocycles. The van der Waals surface area contributed by atoms with Crippen molar-refractivity contribution < 1.29 is 57.0 Å². The van der Waals surface area contributed by atoms with Crippen LogP contribution in [0.3, 0.4) is 0 Å². The quantitative estimate of drug-likeness (QED) is 0.0801. The van der Waals surface area contributed by atoms with Crippen LogP contribution in [0.4, 0.5) is 0 Å². The van der Waals surface area contributed by atoms with Gasteiger partial charge in [0.25, 0.3) is 0 Å². The number of ether oxygens (including phenoxy) is 10. The van der Waals surface area contributed by atoms with Crippen molar-refractivity contribution in [3.63, 3.8) is 0 Å².